The first kappa shape index (κ1) is 21.8. The van der Waals surface area contributed by atoms with Crippen molar-refractivity contribution in [3.05, 3.63) is 81.1 Å². The average molecular weight is 449 g/mol. The number of nitrogens with zero attached hydrogens (tertiary/aromatic N) is 1. The Bertz CT molecular complexity index is 1220. The Morgan fingerprint density at radius 2 is 1.91 bits per heavy atom. The number of hydrogen-bond donors (Lipinski definition) is 3. The second kappa shape index (κ2) is 9.40. The zero-order chi connectivity index (χ0) is 22.7. The Kier molecular flexibility index (Phi) is 6.41. The van der Waals surface area contributed by atoms with Gasteiger partial charge >= 0.3 is 0 Å². The maximum atomic E-state index is 13.0. The van der Waals surface area contributed by atoms with E-state index in [1.165, 1.54) is 17.3 Å². The predicted octanol–water partition coefficient (Wildman–Crippen LogP) is 3.79. The number of nitrogens with one attached hydrogen (secondary N) is 3. The van der Waals surface area contributed by atoms with Crippen LogP contribution in [0.1, 0.15) is 34.6 Å². The number of aromatic nitrogens is 2. The lowest BCUT2D eigenvalue weighted by molar-refractivity contribution is -0.123. The van der Waals surface area contributed by atoms with E-state index < -0.39 is 17.4 Å². The molecule has 0 radical (unpaired) electrons. The van der Waals surface area contributed by atoms with Crippen LogP contribution < -0.4 is 16.2 Å². The van der Waals surface area contributed by atoms with Gasteiger partial charge in [-0.25, -0.2) is 4.98 Å². The van der Waals surface area contributed by atoms with Gasteiger partial charge in [-0.2, -0.15) is 0 Å². The number of aromatic amines is 1. The van der Waals surface area contributed by atoms with Crippen molar-refractivity contribution < 1.29 is 9.59 Å². The maximum Gasteiger partial charge on any atom is 0.257 e. The summed E-state index contributed by atoms with van der Waals surface area (Å²) in [5.41, 5.74) is 3.76. The normalized spacial score (nSPS) is 15.1. The van der Waals surface area contributed by atoms with Crippen molar-refractivity contribution in [2.24, 2.45) is 0 Å². The minimum Gasteiger partial charge on any atom is -0.326 e. The Morgan fingerprint density at radius 3 is 2.66 bits per heavy atom. The third-order valence-electron chi connectivity index (χ3n) is 5.49. The monoisotopic (exact) mass is 448 g/mol. The summed E-state index contributed by atoms with van der Waals surface area (Å²) in [7, 11) is 0. The highest BCUT2D eigenvalue weighted by atomic mass is 32.2. The van der Waals surface area contributed by atoms with Crippen molar-refractivity contribution in [2.45, 2.75) is 37.8 Å². The van der Waals surface area contributed by atoms with E-state index in [1.54, 1.807) is 6.07 Å². The summed E-state index contributed by atoms with van der Waals surface area (Å²) in [4.78, 5) is 45.3. The first-order chi connectivity index (χ1) is 15.4. The predicted molar refractivity (Wildman–Crippen MR) is 126 cm³/mol. The lowest BCUT2D eigenvalue weighted by Crippen LogP contribution is -2.36. The molecule has 2 heterocycles. The summed E-state index contributed by atoms with van der Waals surface area (Å²) in [6, 6.07) is 15.6. The van der Waals surface area contributed by atoms with Crippen LogP contribution in [0.5, 0.6) is 0 Å². The van der Waals surface area contributed by atoms with Crippen LogP contribution in [0.3, 0.4) is 0 Å². The number of aryl methyl sites for hydroxylation is 3. The van der Waals surface area contributed by atoms with Crippen molar-refractivity contribution in [1.82, 2.24) is 9.97 Å². The summed E-state index contributed by atoms with van der Waals surface area (Å²) in [6.45, 7) is 3.95. The van der Waals surface area contributed by atoms with E-state index in [2.05, 4.69) is 20.6 Å². The summed E-state index contributed by atoms with van der Waals surface area (Å²) in [5.74, 6) is -0.763. The van der Waals surface area contributed by atoms with Crippen molar-refractivity contribution in [3.63, 3.8) is 0 Å². The molecule has 3 N–H and O–H groups in total. The highest BCUT2D eigenvalue weighted by Crippen LogP contribution is 2.30. The van der Waals surface area contributed by atoms with Gasteiger partial charge in [-0.1, -0.05) is 48.2 Å². The van der Waals surface area contributed by atoms with Gasteiger partial charge in [-0.05, 0) is 49.1 Å². The van der Waals surface area contributed by atoms with E-state index in [0.29, 0.717) is 10.8 Å². The smallest absolute Gasteiger partial charge is 0.257 e. The van der Waals surface area contributed by atoms with Gasteiger partial charge in [-0.3, -0.25) is 14.4 Å². The molecule has 2 amide bonds. The van der Waals surface area contributed by atoms with Crippen LogP contribution in [0.2, 0.25) is 0 Å². The van der Waals surface area contributed by atoms with Crippen molar-refractivity contribution >= 4 is 35.1 Å². The van der Waals surface area contributed by atoms with Gasteiger partial charge in [0.05, 0.1) is 11.5 Å². The van der Waals surface area contributed by atoms with Crippen LogP contribution in [0.4, 0.5) is 11.5 Å². The van der Waals surface area contributed by atoms with Gasteiger partial charge in [0.15, 0.2) is 5.16 Å². The van der Waals surface area contributed by atoms with Gasteiger partial charge in [0.2, 0.25) is 11.8 Å². The Morgan fingerprint density at radius 1 is 1.12 bits per heavy atom. The molecule has 7 nitrogen and oxygen atoms in total. The Hall–Kier alpha value is -3.39. The largest absolute Gasteiger partial charge is 0.326 e. The molecule has 0 saturated heterocycles. The number of carbonyl (C=O) groups excluding carboxylic acids is 2. The number of carbonyl (C=O) groups is 2. The molecule has 0 fully saturated rings. The minimum absolute atomic E-state index is 0.102. The van der Waals surface area contributed by atoms with E-state index in [1.807, 2.05) is 56.3 Å². The number of hydrogen-bond acceptors (Lipinski definition) is 5. The summed E-state index contributed by atoms with van der Waals surface area (Å²) in [6.07, 6.45) is 0.717. The summed E-state index contributed by atoms with van der Waals surface area (Å²) >= 11 is 1.40. The standard InChI is InChI=1S/C24H24N4O3S/c1-14-8-9-17(12-15(14)2)25-22(30)18-13-19(29)26-21-20(18)23(31)28-24(27-21)32-11-10-16-6-4-3-5-7-16/h3-9,12,18H,10-11,13H2,1-2H3,(H,25,30)(H2,26,27,28,29,31)/t18-/m1/s1. The number of amides is 2. The van der Waals surface area contributed by atoms with Crippen LogP contribution in [0.25, 0.3) is 0 Å². The summed E-state index contributed by atoms with van der Waals surface area (Å²) in [5, 5.41) is 5.90. The number of rotatable bonds is 6. The number of H-pyrrole nitrogens is 1. The van der Waals surface area contributed by atoms with Crippen LogP contribution in [0.15, 0.2) is 58.5 Å². The number of benzene rings is 2. The molecule has 32 heavy (non-hydrogen) atoms. The second-order valence-corrected chi connectivity index (χ2v) is 8.89. The van der Waals surface area contributed by atoms with E-state index in [9.17, 15) is 14.4 Å². The zero-order valence-corrected chi connectivity index (χ0v) is 18.7. The molecule has 0 saturated carbocycles. The molecular weight excluding hydrogens is 424 g/mol. The molecule has 1 aliphatic rings. The van der Waals surface area contributed by atoms with Crippen LogP contribution >= 0.6 is 11.8 Å². The number of anilines is 2. The molecule has 0 bridgehead atoms. The van der Waals surface area contributed by atoms with Crippen LogP contribution in [0, 0.1) is 13.8 Å². The van der Waals surface area contributed by atoms with Crippen molar-refractivity contribution in [2.75, 3.05) is 16.4 Å². The molecule has 3 aromatic rings. The molecule has 0 unspecified atom stereocenters. The van der Waals surface area contributed by atoms with Gasteiger partial charge in [0.1, 0.15) is 5.82 Å². The number of fused-ring (bicyclic) bond motifs is 1. The fourth-order valence-corrected chi connectivity index (χ4v) is 4.45. The number of thioether (sulfide) groups is 1. The van der Waals surface area contributed by atoms with E-state index >= 15 is 0 Å². The van der Waals surface area contributed by atoms with Gasteiger partial charge in [0, 0.05) is 17.9 Å². The fraction of sp³-hybridized carbons (Fsp3) is 0.250. The topological polar surface area (TPSA) is 104 Å². The fourth-order valence-electron chi connectivity index (χ4n) is 3.60. The molecule has 1 aromatic heterocycles. The second-order valence-electron chi connectivity index (χ2n) is 7.81. The van der Waals surface area contributed by atoms with E-state index in [0.717, 1.165) is 23.3 Å². The molecule has 1 aliphatic heterocycles. The lowest BCUT2D eigenvalue weighted by Gasteiger charge is -2.23. The molecule has 164 valence electrons. The molecule has 0 aliphatic carbocycles. The highest BCUT2D eigenvalue weighted by molar-refractivity contribution is 7.99. The van der Waals surface area contributed by atoms with Gasteiger partial charge in [-0.15, -0.1) is 0 Å². The molecule has 0 spiro atoms. The maximum absolute atomic E-state index is 13.0. The highest BCUT2D eigenvalue weighted by Gasteiger charge is 2.34. The van der Waals surface area contributed by atoms with Crippen LogP contribution in [-0.2, 0) is 16.0 Å². The van der Waals surface area contributed by atoms with E-state index in [4.69, 9.17) is 0 Å². The third kappa shape index (κ3) is 4.91. The zero-order valence-electron chi connectivity index (χ0n) is 17.9. The Labute approximate surface area is 190 Å². The van der Waals surface area contributed by atoms with Crippen molar-refractivity contribution in [1.29, 1.82) is 0 Å². The first-order valence-corrected chi connectivity index (χ1v) is 11.4. The first-order valence-electron chi connectivity index (χ1n) is 10.4. The van der Waals surface area contributed by atoms with Gasteiger partial charge < -0.3 is 15.6 Å². The van der Waals surface area contributed by atoms with E-state index in [-0.39, 0.29) is 23.7 Å². The SMILES string of the molecule is Cc1ccc(NC(=O)[C@@H]2CC(=O)Nc3nc(SCCc4ccccc4)[nH]c(=O)c32)cc1C. The lowest BCUT2D eigenvalue weighted by atomic mass is 9.92. The molecule has 2 aromatic carbocycles. The summed E-state index contributed by atoms with van der Waals surface area (Å²) < 4.78 is 0. The molecule has 1 atom stereocenters. The third-order valence-corrected chi connectivity index (χ3v) is 6.37. The van der Waals surface area contributed by atoms with Crippen LogP contribution in [-0.4, -0.2) is 27.5 Å². The molecule has 8 heteroatoms. The van der Waals surface area contributed by atoms with Gasteiger partial charge in [0.25, 0.3) is 5.56 Å². The minimum atomic E-state index is -0.903. The molecular formula is C24H24N4O3S. The quantitative estimate of drug-likeness (QED) is 0.393. The molecule has 4 rings (SSSR count). The van der Waals surface area contributed by atoms with Crippen molar-refractivity contribution in [3.8, 4) is 0 Å². The average Bonchev–Trinajstić information content (AvgIpc) is 2.76. The Balaban J connectivity index is 1.52.